The summed E-state index contributed by atoms with van der Waals surface area (Å²) in [6.45, 7) is 6.22. The van der Waals surface area contributed by atoms with Gasteiger partial charge in [0.05, 0.1) is 17.7 Å². The predicted molar refractivity (Wildman–Crippen MR) is 138 cm³/mol. The standard InChI is InChI=1S/C26H32ClN3O5/c1-26(2,3)35-25(33)19-15-28-21-14-20(27)17(13-18(19)21)16-10-11-22(29-24(16)34-5)30(4)12-8-6-7-9-23(31)32/h10-11,13-15,28H,6-9,12H2,1-5H3,(H,31,32). The Morgan fingerprint density at radius 2 is 1.89 bits per heavy atom. The van der Waals surface area contributed by atoms with Crippen LogP contribution in [-0.4, -0.2) is 53.3 Å². The molecule has 35 heavy (non-hydrogen) atoms. The zero-order valence-electron chi connectivity index (χ0n) is 20.8. The van der Waals surface area contributed by atoms with Gasteiger partial charge in [-0.05, 0) is 57.9 Å². The molecule has 8 nitrogen and oxygen atoms in total. The maximum atomic E-state index is 12.7. The first-order chi connectivity index (χ1) is 16.5. The molecule has 3 rings (SSSR count). The van der Waals surface area contributed by atoms with Crippen LogP contribution in [0.15, 0.2) is 30.5 Å². The zero-order chi connectivity index (χ0) is 25.8. The summed E-state index contributed by atoms with van der Waals surface area (Å²) in [6, 6.07) is 7.41. The number of carboxylic acids is 1. The van der Waals surface area contributed by atoms with Gasteiger partial charge in [0, 0.05) is 48.2 Å². The summed E-state index contributed by atoms with van der Waals surface area (Å²) in [4.78, 5) is 33.1. The summed E-state index contributed by atoms with van der Waals surface area (Å²) < 4.78 is 11.1. The molecule has 0 bridgehead atoms. The number of carbonyl (C=O) groups excluding carboxylic acids is 1. The van der Waals surface area contributed by atoms with E-state index in [-0.39, 0.29) is 6.42 Å². The second kappa shape index (κ2) is 11.0. The Morgan fingerprint density at radius 3 is 2.54 bits per heavy atom. The van der Waals surface area contributed by atoms with Crippen LogP contribution in [0.5, 0.6) is 5.88 Å². The van der Waals surface area contributed by atoms with E-state index >= 15 is 0 Å². The van der Waals surface area contributed by atoms with E-state index in [1.54, 1.807) is 19.4 Å². The number of benzene rings is 1. The number of pyridine rings is 1. The Bertz CT molecular complexity index is 1220. The number of carboxylic acid groups (broad SMARTS) is 1. The Hall–Kier alpha value is -3.26. The lowest BCUT2D eigenvalue weighted by Crippen LogP contribution is -2.23. The number of aliphatic carboxylic acids is 1. The van der Waals surface area contributed by atoms with Gasteiger partial charge in [-0.15, -0.1) is 0 Å². The number of carbonyl (C=O) groups is 2. The topological polar surface area (TPSA) is 105 Å². The average molecular weight is 502 g/mol. The van der Waals surface area contributed by atoms with Crippen molar-refractivity contribution in [3.63, 3.8) is 0 Å². The molecule has 0 amide bonds. The number of H-pyrrole nitrogens is 1. The van der Waals surface area contributed by atoms with Crippen molar-refractivity contribution in [1.29, 1.82) is 0 Å². The quantitative estimate of drug-likeness (QED) is 0.262. The minimum atomic E-state index is -0.768. The normalized spacial score (nSPS) is 11.5. The molecule has 2 N–H and O–H groups in total. The third-order valence-electron chi connectivity index (χ3n) is 5.49. The highest BCUT2D eigenvalue weighted by Crippen LogP contribution is 2.38. The molecule has 1 aromatic carbocycles. The lowest BCUT2D eigenvalue weighted by molar-refractivity contribution is -0.137. The fraction of sp³-hybridized carbons (Fsp3) is 0.423. The van der Waals surface area contributed by atoms with Gasteiger partial charge in [0.1, 0.15) is 11.4 Å². The largest absolute Gasteiger partial charge is 0.481 e. The van der Waals surface area contributed by atoms with E-state index in [2.05, 4.69) is 9.97 Å². The molecule has 188 valence electrons. The summed E-state index contributed by atoms with van der Waals surface area (Å²) in [5.74, 6) is -0.0366. The molecule has 0 saturated carbocycles. The molecular weight excluding hydrogens is 470 g/mol. The number of nitrogens with one attached hydrogen (secondary N) is 1. The molecule has 0 atom stereocenters. The van der Waals surface area contributed by atoms with Crippen molar-refractivity contribution in [2.45, 2.75) is 52.1 Å². The minimum Gasteiger partial charge on any atom is -0.481 e. The summed E-state index contributed by atoms with van der Waals surface area (Å²) in [5, 5.41) is 9.95. The summed E-state index contributed by atoms with van der Waals surface area (Å²) in [7, 11) is 3.49. The van der Waals surface area contributed by atoms with Crippen molar-refractivity contribution in [2.75, 3.05) is 25.6 Å². The molecule has 3 aromatic rings. The molecule has 0 aliphatic rings. The van der Waals surface area contributed by atoms with E-state index in [0.29, 0.717) is 39.4 Å². The molecule has 0 radical (unpaired) electrons. The first kappa shape index (κ1) is 26.3. The van der Waals surface area contributed by atoms with Crippen LogP contribution in [0.25, 0.3) is 22.0 Å². The number of nitrogens with zero attached hydrogens (tertiary/aromatic N) is 2. The highest BCUT2D eigenvalue weighted by Gasteiger charge is 2.22. The molecule has 0 aliphatic heterocycles. The molecule has 9 heteroatoms. The van der Waals surface area contributed by atoms with Gasteiger partial charge in [0.2, 0.25) is 5.88 Å². The Kier molecular flexibility index (Phi) is 8.27. The van der Waals surface area contributed by atoms with Crippen LogP contribution in [0.4, 0.5) is 5.82 Å². The number of unbranched alkanes of at least 4 members (excludes halogenated alkanes) is 2. The third kappa shape index (κ3) is 6.66. The highest BCUT2D eigenvalue weighted by molar-refractivity contribution is 6.34. The predicted octanol–water partition coefficient (Wildman–Crippen LogP) is 5.93. The minimum absolute atomic E-state index is 0.187. The molecule has 0 saturated heterocycles. The van der Waals surface area contributed by atoms with E-state index in [0.717, 1.165) is 30.7 Å². The van der Waals surface area contributed by atoms with Crippen molar-refractivity contribution < 1.29 is 24.2 Å². The Labute approximate surface area is 210 Å². The smallest absolute Gasteiger partial charge is 0.340 e. The van der Waals surface area contributed by atoms with Crippen molar-refractivity contribution in [3.8, 4) is 17.0 Å². The number of rotatable bonds is 10. The van der Waals surface area contributed by atoms with E-state index in [4.69, 9.17) is 26.2 Å². The van der Waals surface area contributed by atoms with Gasteiger partial charge in [0.25, 0.3) is 0 Å². The molecule has 2 heterocycles. The number of esters is 1. The van der Waals surface area contributed by atoms with Crippen LogP contribution in [0.2, 0.25) is 5.02 Å². The van der Waals surface area contributed by atoms with Crippen LogP contribution in [0, 0.1) is 0 Å². The van der Waals surface area contributed by atoms with Crippen molar-refractivity contribution in [1.82, 2.24) is 9.97 Å². The van der Waals surface area contributed by atoms with Crippen molar-refractivity contribution >= 4 is 40.3 Å². The maximum absolute atomic E-state index is 12.7. The van der Waals surface area contributed by atoms with E-state index in [1.807, 2.05) is 50.9 Å². The van der Waals surface area contributed by atoms with E-state index in [9.17, 15) is 9.59 Å². The molecule has 2 aromatic heterocycles. The van der Waals surface area contributed by atoms with Gasteiger partial charge in [-0.25, -0.2) is 4.79 Å². The van der Waals surface area contributed by atoms with Gasteiger partial charge < -0.3 is 24.5 Å². The number of fused-ring (bicyclic) bond motifs is 1. The lowest BCUT2D eigenvalue weighted by atomic mass is 10.0. The summed E-state index contributed by atoms with van der Waals surface area (Å²) in [6.07, 6.45) is 4.16. The molecule has 0 spiro atoms. The highest BCUT2D eigenvalue weighted by atomic mass is 35.5. The number of halogens is 1. The number of anilines is 1. The molecule has 0 unspecified atom stereocenters. The second-order valence-electron chi connectivity index (χ2n) is 9.43. The van der Waals surface area contributed by atoms with Gasteiger partial charge in [-0.2, -0.15) is 4.98 Å². The second-order valence-corrected chi connectivity index (χ2v) is 9.84. The average Bonchev–Trinajstić information content (AvgIpc) is 3.19. The molecule has 0 aliphatic carbocycles. The monoisotopic (exact) mass is 501 g/mol. The molecule has 0 fully saturated rings. The van der Waals surface area contributed by atoms with Crippen LogP contribution in [0.1, 0.15) is 56.8 Å². The zero-order valence-corrected chi connectivity index (χ0v) is 21.5. The number of ether oxygens (including phenoxy) is 2. The van der Waals surface area contributed by atoms with Crippen LogP contribution >= 0.6 is 11.6 Å². The first-order valence-electron chi connectivity index (χ1n) is 11.5. The third-order valence-corrected chi connectivity index (χ3v) is 5.81. The van der Waals surface area contributed by atoms with Gasteiger partial charge in [0.15, 0.2) is 0 Å². The number of hydrogen-bond donors (Lipinski definition) is 2. The van der Waals surface area contributed by atoms with Crippen molar-refractivity contribution in [2.24, 2.45) is 0 Å². The number of hydrogen-bond acceptors (Lipinski definition) is 6. The fourth-order valence-electron chi connectivity index (χ4n) is 3.77. The van der Waals surface area contributed by atoms with Crippen LogP contribution < -0.4 is 9.64 Å². The van der Waals surface area contributed by atoms with Gasteiger partial charge in [-0.1, -0.05) is 18.0 Å². The Balaban J connectivity index is 1.87. The number of aromatic nitrogens is 2. The maximum Gasteiger partial charge on any atom is 0.340 e. The molecular formula is C26H32ClN3O5. The van der Waals surface area contributed by atoms with E-state index in [1.165, 1.54) is 0 Å². The lowest BCUT2D eigenvalue weighted by Gasteiger charge is -2.20. The summed E-state index contributed by atoms with van der Waals surface area (Å²) in [5.41, 5.74) is 1.94. The summed E-state index contributed by atoms with van der Waals surface area (Å²) >= 11 is 6.61. The Morgan fingerprint density at radius 1 is 1.14 bits per heavy atom. The SMILES string of the molecule is COc1nc(N(C)CCCCCC(=O)O)ccc1-c1cc2c(C(=O)OC(C)(C)C)c[nH]c2cc1Cl. The first-order valence-corrected chi connectivity index (χ1v) is 11.9. The van der Waals surface area contributed by atoms with Crippen LogP contribution in [-0.2, 0) is 9.53 Å². The van der Waals surface area contributed by atoms with Crippen molar-refractivity contribution in [3.05, 3.63) is 41.0 Å². The van der Waals surface area contributed by atoms with Gasteiger partial charge >= 0.3 is 11.9 Å². The number of aromatic amines is 1. The number of methoxy groups -OCH3 is 1. The fourth-order valence-corrected chi connectivity index (χ4v) is 4.04. The van der Waals surface area contributed by atoms with E-state index < -0.39 is 17.5 Å². The van der Waals surface area contributed by atoms with Gasteiger partial charge in [-0.3, -0.25) is 4.79 Å². The van der Waals surface area contributed by atoms with Crippen LogP contribution in [0.3, 0.4) is 0 Å².